The van der Waals surface area contributed by atoms with Gasteiger partial charge in [-0.1, -0.05) is 12.1 Å². The molecule has 1 aliphatic carbocycles. The number of carbonyl (C=O) groups is 2. The number of aryl methyl sites for hydroxylation is 1. The lowest BCUT2D eigenvalue weighted by Crippen LogP contribution is -2.30. The van der Waals surface area contributed by atoms with Crippen molar-refractivity contribution in [2.45, 2.75) is 38.5 Å². The minimum atomic E-state index is -0.843. The number of urea groups is 1. The Labute approximate surface area is 118 Å². The number of carboxylic acids is 1. The average Bonchev–Trinajstić information content (AvgIpc) is 2.44. The van der Waals surface area contributed by atoms with Crippen LogP contribution in [0.25, 0.3) is 0 Å². The van der Waals surface area contributed by atoms with E-state index in [4.69, 9.17) is 5.11 Å². The van der Waals surface area contributed by atoms with E-state index in [0.717, 1.165) is 24.9 Å². The molecule has 0 bridgehead atoms. The first kappa shape index (κ1) is 14.4. The van der Waals surface area contributed by atoms with Crippen LogP contribution in [0.4, 0.5) is 10.5 Å². The average molecular weight is 276 g/mol. The highest BCUT2D eigenvalue weighted by molar-refractivity contribution is 5.90. The van der Waals surface area contributed by atoms with E-state index in [2.05, 4.69) is 16.7 Å². The second-order valence-corrected chi connectivity index (χ2v) is 5.03. The monoisotopic (exact) mass is 276 g/mol. The van der Waals surface area contributed by atoms with Crippen LogP contribution in [-0.2, 0) is 17.6 Å². The van der Waals surface area contributed by atoms with Crippen molar-refractivity contribution in [2.24, 2.45) is 0 Å². The van der Waals surface area contributed by atoms with Crippen molar-refractivity contribution in [1.29, 1.82) is 0 Å². The molecule has 5 heteroatoms. The molecule has 108 valence electrons. The lowest BCUT2D eigenvalue weighted by atomic mass is 9.90. The summed E-state index contributed by atoms with van der Waals surface area (Å²) < 4.78 is 0. The summed E-state index contributed by atoms with van der Waals surface area (Å²) in [6.45, 7) is 0.368. The standard InChI is InChI=1S/C15H20N2O3/c18-14(19)9-4-10-16-15(20)17-13-8-3-6-11-5-1-2-7-12(11)13/h3,6,8H,1-2,4-5,7,9-10H2,(H,18,19)(H2,16,17,20). The van der Waals surface area contributed by atoms with E-state index in [0.29, 0.717) is 13.0 Å². The van der Waals surface area contributed by atoms with Crippen LogP contribution in [0, 0.1) is 0 Å². The van der Waals surface area contributed by atoms with Crippen molar-refractivity contribution < 1.29 is 14.7 Å². The van der Waals surface area contributed by atoms with Crippen molar-refractivity contribution in [3.63, 3.8) is 0 Å². The third-order valence-corrected chi connectivity index (χ3v) is 3.50. The molecule has 5 nitrogen and oxygen atoms in total. The van der Waals surface area contributed by atoms with Gasteiger partial charge in [0.15, 0.2) is 0 Å². The first-order valence-corrected chi connectivity index (χ1v) is 7.04. The van der Waals surface area contributed by atoms with Gasteiger partial charge in [-0.15, -0.1) is 0 Å². The third kappa shape index (κ3) is 3.98. The summed E-state index contributed by atoms with van der Waals surface area (Å²) >= 11 is 0. The fraction of sp³-hybridized carbons (Fsp3) is 0.467. The summed E-state index contributed by atoms with van der Waals surface area (Å²) in [4.78, 5) is 22.1. The van der Waals surface area contributed by atoms with E-state index < -0.39 is 5.97 Å². The van der Waals surface area contributed by atoms with E-state index in [1.165, 1.54) is 17.5 Å². The largest absolute Gasteiger partial charge is 0.481 e. The minimum absolute atomic E-state index is 0.0705. The Morgan fingerprint density at radius 2 is 2.00 bits per heavy atom. The number of hydrogen-bond donors (Lipinski definition) is 3. The number of anilines is 1. The van der Waals surface area contributed by atoms with Crippen molar-refractivity contribution in [2.75, 3.05) is 11.9 Å². The molecule has 2 amide bonds. The Kier molecular flexibility index (Phi) is 4.98. The van der Waals surface area contributed by atoms with Gasteiger partial charge in [0.2, 0.25) is 0 Å². The molecule has 0 aliphatic heterocycles. The number of benzene rings is 1. The Bertz CT molecular complexity index is 500. The van der Waals surface area contributed by atoms with E-state index in [1.54, 1.807) is 0 Å². The number of fused-ring (bicyclic) bond motifs is 1. The van der Waals surface area contributed by atoms with Crippen LogP contribution in [0.2, 0.25) is 0 Å². The molecule has 0 saturated carbocycles. The van der Waals surface area contributed by atoms with Crippen LogP contribution in [-0.4, -0.2) is 23.7 Å². The van der Waals surface area contributed by atoms with Gasteiger partial charge in [0.25, 0.3) is 0 Å². The Morgan fingerprint density at radius 1 is 1.20 bits per heavy atom. The van der Waals surface area contributed by atoms with Crippen molar-refractivity contribution in [3.8, 4) is 0 Å². The molecular formula is C15H20N2O3. The molecule has 20 heavy (non-hydrogen) atoms. The summed E-state index contributed by atoms with van der Waals surface area (Å²) in [5.74, 6) is -0.843. The number of rotatable bonds is 5. The fourth-order valence-corrected chi connectivity index (χ4v) is 2.51. The number of carboxylic acid groups (broad SMARTS) is 1. The first-order chi connectivity index (χ1) is 9.66. The van der Waals surface area contributed by atoms with E-state index in [-0.39, 0.29) is 12.5 Å². The molecule has 0 heterocycles. The molecule has 0 atom stereocenters. The maximum absolute atomic E-state index is 11.8. The summed E-state index contributed by atoms with van der Waals surface area (Å²) in [5.41, 5.74) is 3.43. The topological polar surface area (TPSA) is 78.4 Å². The molecule has 1 aromatic carbocycles. The number of nitrogens with one attached hydrogen (secondary N) is 2. The Morgan fingerprint density at radius 3 is 2.80 bits per heavy atom. The zero-order chi connectivity index (χ0) is 14.4. The van der Waals surface area contributed by atoms with Crippen LogP contribution >= 0.6 is 0 Å². The van der Waals surface area contributed by atoms with Crippen LogP contribution in [0.15, 0.2) is 18.2 Å². The van der Waals surface area contributed by atoms with Crippen LogP contribution in [0.1, 0.15) is 36.8 Å². The molecule has 3 N–H and O–H groups in total. The third-order valence-electron chi connectivity index (χ3n) is 3.50. The van der Waals surface area contributed by atoms with Gasteiger partial charge in [-0.25, -0.2) is 4.79 Å². The molecule has 1 aliphatic rings. The second-order valence-electron chi connectivity index (χ2n) is 5.03. The minimum Gasteiger partial charge on any atom is -0.481 e. The van der Waals surface area contributed by atoms with E-state index in [1.807, 2.05) is 12.1 Å². The molecule has 0 fully saturated rings. The lowest BCUT2D eigenvalue weighted by Gasteiger charge is -2.19. The highest BCUT2D eigenvalue weighted by atomic mass is 16.4. The lowest BCUT2D eigenvalue weighted by molar-refractivity contribution is -0.137. The smallest absolute Gasteiger partial charge is 0.319 e. The number of hydrogen-bond acceptors (Lipinski definition) is 2. The van der Waals surface area contributed by atoms with Crippen molar-refractivity contribution in [3.05, 3.63) is 29.3 Å². The van der Waals surface area contributed by atoms with Gasteiger partial charge in [0.05, 0.1) is 0 Å². The van der Waals surface area contributed by atoms with Gasteiger partial charge in [0.1, 0.15) is 0 Å². The van der Waals surface area contributed by atoms with Crippen LogP contribution in [0.5, 0.6) is 0 Å². The Balaban J connectivity index is 1.86. The quantitative estimate of drug-likeness (QED) is 0.723. The molecule has 2 rings (SSSR count). The van der Waals surface area contributed by atoms with Gasteiger partial charge in [-0.3, -0.25) is 4.79 Å². The zero-order valence-electron chi connectivity index (χ0n) is 11.4. The number of aliphatic carboxylic acids is 1. The SMILES string of the molecule is O=C(O)CCCNC(=O)Nc1cccc2c1CCCC2. The predicted octanol–water partition coefficient (Wildman–Crippen LogP) is 2.55. The predicted molar refractivity (Wildman–Crippen MR) is 77.0 cm³/mol. The molecule has 0 radical (unpaired) electrons. The molecule has 0 aromatic heterocycles. The summed E-state index contributed by atoms with van der Waals surface area (Å²) in [6, 6.07) is 5.73. The van der Waals surface area contributed by atoms with Gasteiger partial charge in [-0.2, -0.15) is 0 Å². The van der Waals surface area contributed by atoms with Crippen LogP contribution in [0.3, 0.4) is 0 Å². The molecule has 1 aromatic rings. The molecular weight excluding hydrogens is 256 g/mol. The molecule has 0 spiro atoms. The molecule has 0 saturated heterocycles. The summed E-state index contributed by atoms with van der Waals surface area (Å²) in [6.07, 6.45) is 4.95. The Hall–Kier alpha value is -2.04. The summed E-state index contributed by atoms with van der Waals surface area (Å²) in [5, 5.41) is 14.1. The summed E-state index contributed by atoms with van der Waals surface area (Å²) in [7, 11) is 0. The van der Waals surface area contributed by atoms with Crippen molar-refractivity contribution >= 4 is 17.7 Å². The highest BCUT2D eigenvalue weighted by Crippen LogP contribution is 2.27. The second kappa shape index (κ2) is 6.93. The van der Waals surface area contributed by atoms with Gasteiger partial charge >= 0.3 is 12.0 Å². The normalized spacial score (nSPS) is 13.4. The van der Waals surface area contributed by atoms with Gasteiger partial charge in [0, 0.05) is 18.7 Å². The van der Waals surface area contributed by atoms with Crippen LogP contribution < -0.4 is 10.6 Å². The highest BCUT2D eigenvalue weighted by Gasteiger charge is 2.14. The fourth-order valence-electron chi connectivity index (χ4n) is 2.51. The maximum atomic E-state index is 11.8. The molecule has 0 unspecified atom stereocenters. The maximum Gasteiger partial charge on any atom is 0.319 e. The number of amides is 2. The van der Waals surface area contributed by atoms with Crippen molar-refractivity contribution in [1.82, 2.24) is 5.32 Å². The van der Waals surface area contributed by atoms with E-state index >= 15 is 0 Å². The van der Waals surface area contributed by atoms with Gasteiger partial charge in [-0.05, 0) is 49.3 Å². The van der Waals surface area contributed by atoms with E-state index in [9.17, 15) is 9.59 Å². The first-order valence-electron chi connectivity index (χ1n) is 7.04. The van der Waals surface area contributed by atoms with Gasteiger partial charge < -0.3 is 15.7 Å². The number of carbonyl (C=O) groups excluding carboxylic acids is 1. The zero-order valence-corrected chi connectivity index (χ0v) is 11.4.